The van der Waals surface area contributed by atoms with Crippen molar-refractivity contribution in [3.63, 3.8) is 0 Å². The smallest absolute Gasteiger partial charge is 0.265 e. The van der Waals surface area contributed by atoms with Crippen LogP contribution >= 0.6 is 23.8 Å². The van der Waals surface area contributed by atoms with Crippen LogP contribution < -0.4 is 9.47 Å². The Bertz CT molecular complexity index is 1100. The molecule has 172 valence electrons. The first kappa shape index (κ1) is 24.5. The average Bonchev–Trinajstić information content (AvgIpc) is 2.80. The minimum absolute atomic E-state index is 0.0236. The minimum Gasteiger partial charge on any atom is -0.490 e. The van der Waals surface area contributed by atoms with Crippen LogP contribution in [0.25, 0.3) is 6.08 Å². The van der Waals surface area contributed by atoms with Gasteiger partial charge in [0.25, 0.3) is 11.8 Å². The van der Waals surface area contributed by atoms with Crippen molar-refractivity contribution in [3.8, 4) is 11.5 Å². The summed E-state index contributed by atoms with van der Waals surface area (Å²) in [5, 5.41) is 0.817. The van der Waals surface area contributed by atoms with E-state index in [0.717, 1.165) is 11.1 Å². The Balaban J connectivity index is 2.01. The molecular formula is C25H25ClN2O4S. The van der Waals surface area contributed by atoms with Crippen molar-refractivity contribution >= 4 is 46.8 Å². The lowest BCUT2D eigenvalue weighted by molar-refractivity contribution is -0.132. The summed E-state index contributed by atoms with van der Waals surface area (Å²) in [4.78, 5) is 28.0. The number of thiocarbonyl (C=S) groups is 1. The van der Waals surface area contributed by atoms with Gasteiger partial charge in [-0.2, -0.15) is 0 Å². The molecule has 0 N–H and O–H groups in total. The maximum absolute atomic E-state index is 12.7. The van der Waals surface area contributed by atoms with Gasteiger partial charge in [-0.05, 0) is 67.0 Å². The van der Waals surface area contributed by atoms with E-state index in [-0.39, 0.29) is 10.7 Å². The van der Waals surface area contributed by atoms with Crippen molar-refractivity contribution in [1.29, 1.82) is 0 Å². The summed E-state index contributed by atoms with van der Waals surface area (Å²) in [6.45, 7) is 6.46. The van der Waals surface area contributed by atoms with Crippen molar-refractivity contribution in [2.75, 3.05) is 20.7 Å². The number of likely N-dealkylation sites (N-methyl/N-ethyl adjacent to an activating group) is 2. The molecule has 0 saturated carbocycles. The van der Waals surface area contributed by atoms with Gasteiger partial charge in [-0.25, -0.2) is 0 Å². The van der Waals surface area contributed by atoms with Gasteiger partial charge >= 0.3 is 0 Å². The third kappa shape index (κ3) is 5.43. The predicted octanol–water partition coefficient (Wildman–Crippen LogP) is 4.64. The summed E-state index contributed by atoms with van der Waals surface area (Å²) >= 11 is 11.1. The minimum atomic E-state index is -0.450. The maximum atomic E-state index is 12.7. The van der Waals surface area contributed by atoms with Crippen molar-refractivity contribution in [2.45, 2.75) is 20.0 Å². The number of amides is 2. The van der Waals surface area contributed by atoms with Crippen LogP contribution in [0.3, 0.4) is 0 Å². The molecule has 1 heterocycles. The standard InChI is InChI=1S/C25H25ClN2O4S/c1-5-7-18-12-17(13-20-23(29)27(3)25(33)28(4)24(20)30)14-21(31-6-2)22(18)32-15-16-8-10-19(26)11-9-16/h5,8-14H,1,6-7,15H2,2-4H3. The molecule has 0 radical (unpaired) electrons. The number of ether oxygens (including phenoxy) is 2. The first-order valence-corrected chi connectivity index (χ1v) is 11.1. The van der Waals surface area contributed by atoms with E-state index in [0.29, 0.717) is 41.7 Å². The summed E-state index contributed by atoms with van der Waals surface area (Å²) in [5.41, 5.74) is 2.44. The number of nitrogens with zero attached hydrogens (tertiary/aromatic N) is 2. The highest BCUT2D eigenvalue weighted by atomic mass is 35.5. The van der Waals surface area contributed by atoms with Crippen LogP contribution in [0.4, 0.5) is 0 Å². The summed E-state index contributed by atoms with van der Waals surface area (Å²) in [5.74, 6) is 0.208. The van der Waals surface area contributed by atoms with E-state index in [1.54, 1.807) is 32.3 Å². The number of hydrogen-bond donors (Lipinski definition) is 0. The highest BCUT2D eigenvalue weighted by molar-refractivity contribution is 7.80. The third-order valence-corrected chi connectivity index (χ3v) is 5.87. The van der Waals surface area contributed by atoms with Gasteiger partial charge in [-0.3, -0.25) is 19.4 Å². The molecule has 2 aromatic rings. The molecule has 0 aromatic heterocycles. The van der Waals surface area contributed by atoms with E-state index in [9.17, 15) is 9.59 Å². The zero-order valence-electron chi connectivity index (χ0n) is 18.8. The molecule has 0 aliphatic carbocycles. The quantitative estimate of drug-likeness (QED) is 0.236. The average molecular weight is 485 g/mol. The summed E-state index contributed by atoms with van der Waals surface area (Å²) in [7, 11) is 3.09. The van der Waals surface area contributed by atoms with Gasteiger partial charge < -0.3 is 9.47 Å². The normalized spacial score (nSPS) is 13.9. The Morgan fingerprint density at radius 1 is 1.06 bits per heavy atom. The van der Waals surface area contributed by atoms with Gasteiger partial charge in [-0.1, -0.05) is 29.8 Å². The molecule has 8 heteroatoms. The molecule has 0 bridgehead atoms. The van der Waals surface area contributed by atoms with Crippen LogP contribution in [0.1, 0.15) is 23.6 Å². The molecule has 1 aliphatic rings. The van der Waals surface area contributed by atoms with Crippen LogP contribution in [0.2, 0.25) is 5.02 Å². The van der Waals surface area contributed by atoms with E-state index >= 15 is 0 Å². The monoisotopic (exact) mass is 484 g/mol. The van der Waals surface area contributed by atoms with Crippen LogP contribution in [0, 0.1) is 0 Å². The first-order chi connectivity index (χ1) is 15.8. The summed E-state index contributed by atoms with van der Waals surface area (Å²) in [6.07, 6.45) is 3.82. The largest absolute Gasteiger partial charge is 0.490 e. The lowest BCUT2D eigenvalue weighted by Crippen LogP contribution is -2.52. The predicted molar refractivity (Wildman–Crippen MR) is 133 cm³/mol. The Kier molecular flexibility index (Phi) is 7.89. The molecule has 2 amide bonds. The highest BCUT2D eigenvalue weighted by Gasteiger charge is 2.35. The van der Waals surface area contributed by atoms with Crippen molar-refractivity contribution < 1.29 is 19.1 Å². The second kappa shape index (κ2) is 10.6. The number of allylic oxidation sites excluding steroid dienone is 1. The highest BCUT2D eigenvalue weighted by Crippen LogP contribution is 2.35. The van der Waals surface area contributed by atoms with E-state index in [2.05, 4.69) is 6.58 Å². The lowest BCUT2D eigenvalue weighted by atomic mass is 10.0. The molecule has 0 unspecified atom stereocenters. The van der Waals surface area contributed by atoms with Crippen LogP contribution in [0.15, 0.2) is 54.6 Å². The Labute approximate surface area is 204 Å². The molecule has 1 fully saturated rings. The number of carbonyl (C=O) groups excluding carboxylic acids is 2. The third-order valence-electron chi connectivity index (χ3n) is 5.07. The van der Waals surface area contributed by atoms with Gasteiger partial charge in [0.15, 0.2) is 16.6 Å². The molecule has 3 rings (SSSR count). The van der Waals surface area contributed by atoms with Crippen molar-refractivity contribution in [3.05, 3.63) is 76.3 Å². The molecular weight excluding hydrogens is 460 g/mol. The number of carbonyl (C=O) groups is 2. The zero-order chi connectivity index (χ0) is 24.1. The molecule has 6 nitrogen and oxygen atoms in total. The van der Waals surface area contributed by atoms with Gasteiger partial charge in [0.05, 0.1) is 6.61 Å². The topological polar surface area (TPSA) is 59.1 Å². The number of halogens is 1. The molecule has 1 aliphatic heterocycles. The van der Waals surface area contributed by atoms with Gasteiger partial charge in [-0.15, -0.1) is 6.58 Å². The van der Waals surface area contributed by atoms with E-state index in [4.69, 9.17) is 33.3 Å². The van der Waals surface area contributed by atoms with Crippen LogP contribution in [0.5, 0.6) is 11.5 Å². The summed E-state index contributed by atoms with van der Waals surface area (Å²) < 4.78 is 12.0. The Morgan fingerprint density at radius 2 is 1.70 bits per heavy atom. The SMILES string of the molecule is C=CCc1cc(C=C2C(=O)N(C)C(=S)N(C)C2=O)cc(OCC)c1OCc1ccc(Cl)cc1. The van der Waals surface area contributed by atoms with Crippen molar-refractivity contribution in [1.82, 2.24) is 9.80 Å². The number of benzene rings is 2. The molecule has 2 aromatic carbocycles. The molecule has 33 heavy (non-hydrogen) atoms. The van der Waals surface area contributed by atoms with E-state index in [1.807, 2.05) is 37.3 Å². The fraction of sp³-hybridized carbons (Fsp3) is 0.240. The Morgan fingerprint density at radius 3 is 2.27 bits per heavy atom. The van der Waals surface area contributed by atoms with Crippen LogP contribution in [-0.2, 0) is 22.6 Å². The van der Waals surface area contributed by atoms with E-state index in [1.165, 1.54) is 9.80 Å². The van der Waals surface area contributed by atoms with Gasteiger partial charge in [0, 0.05) is 24.7 Å². The summed E-state index contributed by atoms with van der Waals surface area (Å²) in [6, 6.07) is 11.0. The number of hydrogen-bond acceptors (Lipinski definition) is 5. The zero-order valence-corrected chi connectivity index (χ0v) is 20.3. The fourth-order valence-electron chi connectivity index (χ4n) is 3.38. The molecule has 0 spiro atoms. The van der Waals surface area contributed by atoms with Crippen LogP contribution in [-0.4, -0.2) is 47.4 Å². The first-order valence-electron chi connectivity index (χ1n) is 10.4. The Hall–Kier alpha value is -3.16. The number of rotatable bonds is 8. The second-order valence-electron chi connectivity index (χ2n) is 7.42. The van der Waals surface area contributed by atoms with E-state index < -0.39 is 11.8 Å². The molecule has 1 saturated heterocycles. The van der Waals surface area contributed by atoms with Gasteiger partial charge in [0.2, 0.25) is 0 Å². The van der Waals surface area contributed by atoms with Gasteiger partial charge in [0.1, 0.15) is 12.2 Å². The lowest BCUT2D eigenvalue weighted by Gasteiger charge is -2.31. The second-order valence-corrected chi connectivity index (χ2v) is 8.22. The van der Waals surface area contributed by atoms with Crippen molar-refractivity contribution in [2.24, 2.45) is 0 Å². The molecule has 0 atom stereocenters. The maximum Gasteiger partial charge on any atom is 0.265 e. The fourth-order valence-corrected chi connectivity index (χ4v) is 3.67.